The molecule has 1 aromatic rings. The maximum atomic E-state index is 12.1. The Bertz CT molecular complexity index is 596. The number of carbonyl (C=O) groups is 1. The van der Waals surface area contributed by atoms with Crippen LogP contribution in [0.4, 0.5) is 0 Å². The van der Waals surface area contributed by atoms with Crippen molar-refractivity contribution in [2.24, 2.45) is 0 Å². The van der Waals surface area contributed by atoms with Gasteiger partial charge in [-0.15, -0.1) is 0 Å². The number of nitrogens with one attached hydrogen (secondary N) is 1. The molecule has 0 saturated heterocycles. The first-order valence-electron chi connectivity index (χ1n) is 8.67. The van der Waals surface area contributed by atoms with Gasteiger partial charge in [0.25, 0.3) is 0 Å². The van der Waals surface area contributed by atoms with Crippen LogP contribution in [0.1, 0.15) is 56.9 Å². The molecule has 0 unspecified atom stereocenters. The normalized spacial score (nSPS) is 19.6. The van der Waals surface area contributed by atoms with Crippen LogP contribution in [-0.4, -0.2) is 17.6 Å². The summed E-state index contributed by atoms with van der Waals surface area (Å²) in [4.78, 5) is 12.1. The highest BCUT2D eigenvalue weighted by Crippen LogP contribution is 2.31. The first-order valence-corrected chi connectivity index (χ1v) is 8.67. The van der Waals surface area contributed by atoms with E-state index in [0.717, 1.165) is 43.4 Å². The molecule has 122 valence electrons. The molecule has 0 spiro atoms. The second-order valence-electron chi connectivity index (χ2n) is 6.77. The number of rotatable bonds is 6. The lowest BCUT2D eigenvalue weighted by atomic mass is 9.78. The van der Waals surface area contributed by atoms with E-state index in [0.29, 0.717) is 18.9 Å². The van der Waals surface area contributed by atoms with E-state index in [4.69, 9.17) is 10.00 Å². The molecular weight excluding hydrogens is 288 g/mol. The molecular formula is C19H24N2O2. The van der Waals surface area contributed by atoms with Crippen molar-refractivity contribution in [3.8, 4) is 11.8 Å². The van der Waals surface area contributed by atoms with Crippen molar-refractivity contribution < 1.29 is 9.53 Å². The molecule has 2 fully saturated rings. The van der Waals surface area contributed by atoms with Crippen LogP contribution in [0.5, 0.6) is 5.75 Å². The van der Waals surface area contributed by atoms with Crippen LogP contribution in [0.2, 0.25) is 0 Å². The number of ether oxygens (including phenoxy) is 1. The van der Waals surface area contributed by atoms with E-state index in [-0.39, 0.29) is 5.91 Å². The summed E-state index contributed by atoms with van der Waals surface area (Å²) in [6.45, 7) is 0. The summed E-state index contributed by atoms with van der Waals surface area (Å²) >= 11 is 0. The van der Waals surface area contributed by atoms with Gasteiger partial charge in [0.05, 0.1) is 12.2 Å². The van der Waals surface area contributed by atoms with E-state index in [2.05, 4.69) is 11.4 Å². The zero-order chi connectivity index (χ0) is 16.1. The number of hydrogen-bond donors (Lipinski definition) is 1. The van der Waals surface area contributed by atoms with Gasteiger partial charge in [-0.25, -0.2) is 0 Å². The number of hydrogen-bond acceptors (Lipinski definition) is 3. The number of aryl methyl sites for hydroxylation is 1. The fourth-order valence-corrected chi connectivity index (χ4v) is 3.36. The molecule has 3 rings (SSSR count). The largest absolute Gasteiger partial charge is 0.490 e. The lowest BCUT2D eigenvalue weighted by molar-refractivity contribution is -0.123. The van der Waals surface area contributed by atoms with Crippen molar-refractivity contribution in [3.05, 3.63) is 29.8 Å². The number of nitriles is 1. The van der Waals surface area contributed by atoms with Crippen LogP contribution in [0.3, 0.4) is 0 Å². The second kappa shape index (κ2) is 7.04. The molecule has 0 heterocycles. The van der Waals surface area contributed by atoms with Crippen molar-refractivity contribution in [2.75, 3.05) is 0 Å². The number of amides is 1. The third-order valence-electron chi connectivity index (χ3n) is 4.94. The molecule has 0 aliphatic heterocycles. The third-order valence-corrected chi connectivity index (χ3v) is 4.94. The minimum atomic E-state index is -0.593. The zero-order valence-electron chi connectivity index (χ0n) is 13.5. The summed E-state index contributed by atoms with van der Waals surface area (Å²) in [7, 11) is 0. The summed E-state index contributed by atoms with van der Waals surface area (Å²) in [6, 6.07) is 10.3. The third kappa shape index (κ3) is 4.04. The smallest absolute Gasteiger partial charge is 0.221 e. The first kappa shape index (κ1) is 15.9. The van der Waals surface area contributed by atoms with Crippen LogP contribution < -0.4 is 10.1 Å². The quantitative estimate of drug-likeness (QED) is 0.874. The van der Waals surface area contributed by atoms with Gasteiger partial charge in [0.15, 0.2) is 0 Å². The SMILES string of the molecule is N#CC1(NC(=O)CCc2cccc(OC3CCCC3)c2)CCC1. The van der Waals surface area contributed by atoms with E-state index >= 15 is 0 Å². The lowest BCUT2D eigenvalue weighted by Gasteiger charge is -2.35. The molecule has 0 atom stereocenters. The molecule has 2 aliphatic carbocycles. The average Bonchev–Trinajstić information content (AvgIpc) is 3.02. The Hall–Kier alpha value is -2.02. The number of nitrogens with zero attached hydrogens (tertiary/aromatic N) is 1. The molecule has 1 aromatic carbocycles. The highest BCUT2D eigenvalue weighted by Gasteiger charge is 2.38. The minimum absolute atomic E-state index is 0.0339. The topological polar surface area (TPSA) is 62.1 Å². The summed E-state index contributed by atoms with van der Waals surface area (Å²) in [5, 5.41) is 12.1. The van der Waals surface area contributed by atoms with Gasteiger partial charge in [-0.2, -0.15) is 5.26 Å². The molecule has 0 bridgehead atoms. The molecule has 23 heavy (non-hydrogen) atoms. The summed E-state index contributed by atoms with van der Waals surface area (Å²) < 4.78 is 6.00. The lowest BCUT2D eigenvalue weighted by Crippen LogP contribution is -2.52. The molecule has 2 saturated carbocycles. The number of benzene rings is 1. The van der Waals surface area contributed by atoms with E-state index < -0.39 is 5.54 Å². The summed E-state index contributed by atoms with van der Waals surface area (Å²) in [6.07, 6.45) is 8.81. The van der Waals surface area contributed by atoms with Gasteiger partial charge in [-0.1, -0.05) is 12.1 Å². The molecule has 1 N–H and O–H groups in total. The van der Waals surface area contributed by atoms with Gasteiger partial charge in [0, 0.05) is 6.42 Å². The van der Waals surface area contributed by atoms with Gasteiger partial charge in [-0.05, 0) is 69.1 Å². The zero-order valence-corrected chi connectivity index (χ0v) is 13.5. The second-order valence-corrected chi connectivity index (χ2v) is 6.77. The predicted octanol–water partition coefficient (Wildman–Crippen LogP) is 3.50. The van der Waals surface area contributed by atoms with Gasteiger partial charge in [0.2, 0.25) is 5.91 Å². The highest BCUT2D eigenvalue weighted by molar-refractivity contribution is 5.77. The van der Waals surface area contributed by atoms with Gasteiger partial charge >= 0.3 is 0 Å². The van der Waals surface area contributed by atoms with Crippen LogP contribution >= 0.6 is 0 Å². The Kier molecular flexibility index (Phi) is 4.85. The fraction of sp³-hybridized carbons (Fsp3) is 0.579. The van der Waals surface area contributed by atoms with E-state index in [1.54, 1.807) is 0 Å². The van der Waals surface area contributed by atoms with Crippen molar-refractivity contribution in [1.29, 1.82) is 5.26 Å². The van der Waals surface area contributed by atoms with Gasteiger partial charge in [0.1, 0.15) is 11.3 Å². The Labute approximate surface area is 137 Å². The fourth-order valence-electron chi connectivity index (χ4n) is 3.36. The predicted molar refractivity (Wildman–Crippen MR) is 88.0 cm³/mol. The standard InChI is InChI=1S/C19H24N2O2/c20-14-19(11-4-12-19)21-18(22)10-9-15-5-3-8-17(13-15)23-16-6-1-2-7-16/h3,5,8,13,16H,1-2,4,6-7,9-12H2,(H,21,22). The molecule has 0 aromatic heterocycles. The van der Waals surface area contributed by atoms with Crippen LogP contribution in [0.25, 0.3) is 0 Å². The Morgan fingerprint density at radius 3 is 2.74 bits per heavy atom. The Balaban J connectivity index is 1.49. The molecule has 1 amide bonds. The Morgan fingerprint density at radius 1 is 1.30 bits per heavy atom. The van der Waals surface area contributed by atoms with Crippen molar-refractivity contribution in [3.63, 3.8) is 0 Å². The molecule has 2 aliphatic rings. The summed E-state index contributed by atoms with van der Waals surface area (Å²) in [5.74, 6) is 0.871. The minimum Gasteiger partial charge on any atom is -0.490 e. The van der Waals surface area contributed by atoms with E-state index in [1.807, 2.05) is 24.3 Å². The van der Waals surface area contributed by atoms with E-state index in [1.165, 1.54) is 12.8 Å². The van der Waals surface area contributed by atoms with Crippen molar-refractivity contribution in [1.82, 2.24) is 5.32 Å². The van der Waals surface area contributed by atoms with Crippen LogP contribution in [0.15, 0.2) is 24.3 Å². The van der Waals surface area contributed by atoms with Crippen LogP contribution in [-0.2, 0) is 11.2 Å². The first-order chi connectivity index (χ1) is 11.2. The van der Waals surface area contributed by atoms with Crippen molar-refractivity contribution in [2.45, 2.75) is 69.4 Å². The maximum Gasteiger partial charge on any atom is 0.221 e. The van der Waals surface area contributed by atoms with Gasteiger partial charge in [-0.3, -0.25) is 4.79 Å². The number of carbonyl (C=O) groups excluding carboxylic acids is 1. The molecule has 4 heteroatoms. The van der Waals surface area contributed by atoms with E-state index in [9.17, 15) is 4.79 Å². The van der Waals surface area contributed by atoms with Gasteiger partial charge < -0.3 is 10.1 Å². The summed E-state index contributed by atoms with van der Waals surface area (Å²) in [5.41, 5.74) is 0.514. The molecule has 0 radical (unpaired) electrons. The Morgan fingerprint density at radius 2 is 2.09 bits per heavy atom. The monoisotopic (exact) mass is 312 g/mol. The highest BCUT2D eigenvalue weighted by atomic mass is 16.5. The van der Waals surface area contributed by atoms with Crippen molar-refractivity contribution >= 4 is 5.91 Å². The van der Waals surface area contributed by atoms with Crippen LogP contribution in [0, 0.1) is 11.3 Å². The molecule has 4 nitrogen and oxygen atoms in total. The maximum absolute atomic E-state index is 12.1. The average molecular weight is 312 g/mol.